The molecule has 0 atom stereocenters. The molecular formula is C16H17F23O3. The second-order valence-corrected chi connectivity index (χ2v) is 6.67. The van der Waals surface area contributed by atoms with E-state index < -0.39 is 94.1 Å². The summed E-state index contributed by atoms with van der Waals surface area (Å²) >= 11 is 0. The first-order chi connectivity index (χ1) is 18.5. The van der Waals surface area contributed by atoms with Gasteiger partial charge in [0, 0.05) is 0 Å². The van der Waals surface area contributed by atoms with E-state index in [1.54, 1.807) is 0 Å². The summed E-state index contributed by atoms with van der Waals surface area (Å²) in [7, 11) is 0.500. The quantitative estimate of drug-likeness (QED) is 0.170. The van der Waals surface area contributed by atoms with Gasteiger partial charge in [0.15, 0.2) is 11.3 Å². The summed E-state index contributed by atoms with van der Waals surface area (Å²) in [4.78, 5) is 14.6. The van der Waals surface area contributed by atoms with Crippen molar-refractivity contribution in [3.63, 3.8) is 0 Å². The minimum Gasteiger partial charge on any atom is -0.255 e. The van der Waals surface area contributed by atoms with Crippen LogP contribution in [0.1, 0.15) is 6.42 Å². The summed E-state index contributed by atoms with van der Waals surface area (Å²) in [6.45, 7) is -8.69. The molecule has 42 heavy (non-hydrogen) atoms. The van der Waals surface area contributed by atoms with E-state index in [1.807, 2.05) is 0 Å². The molecule has 0 radical (unpaired) electrons. The highest BCUT2D eigenvalue weighted by atomic mass is 19.4. The van der Waals surface area contributed by atoms with Crippen LogP contribution in [0, 0.1) is 0 Å². The van der Waals surface area contributed by atoms with E-state index in [0.29, 0.717) is 7.18 Å². The Bertz CT molecular complexity index is 634. The van der Waals surface area contributed by atoms with E-state index in [1.165, 1.54) is 0 Å². The van der Waals surface area contributed by atoms with Crippen LogP contribution < -0.4 is 0 Å². The lowest BCUT2D eigenvalue weighted by molar-refractivity contribution is -0.345. The second kappa shape index (κ2) is 20.8. The number of halogens is 23. The van der Waals surface area contributed by atoms with Gasteiger partial charge in [0.05, 0.1) is 7.18 Å². The molecule has 0 aromatic heterocycles. The predicted molar refractivity (Wildman–Crippen MR) is 91.5 cm³/mol. The van der Waals surface area contributed by atoms with Gasteiger partial charge in [-0.05, 0) is 9.05 Å². The van der Waals surface area contributed by atoms with Crippen LogP contribution >= 0.6 is 0 Å². The Balaban J connectivity index is -0.000000144. The first-order valence-electron chi connectivity index (χ1n) is 9.14. The Morgan fingerprint density at radius 1 is 0.548 bits per heavy atom. The van der Waals surface area contributed by atoms with E-state index in [-0.39, 0.29) is 0 Å². The molecule has 26 heteroatoms. The maximum Gasteiger partial charge on any atom is 0.460 e. The number of rotatable bonds is 10. The van der Waals surface area contributed by atoms with Gasteiger partial charge in [0.2, 0.25) is 0 Å². The fourth-order valence-electron chi connectivity index (χ4n) is 0.950. The second-order valence-electron chi connectivity index (χ2n) is 6.67. The van der Waals surface area contributed by atoms with E-state index in [9.17, 15) is 101 Å². The molecule has 260 valence electrons. The van der Waals surface area contributed by atoms with Crippen molar-refractivity contribution in [1.82, 2.24) is 0 Å². The highest BCUT2D eigenvalue weighted by molar-refractivity contribution is 5.77. The zero-order chi connectivity index (χ0) is 35.4. The predicted octanol–water partition coefficient (Wildman–Crippen LogP) is 8.47. The molecule has 0 aromatic carbocycles. The van der Waals surface area contributed by atoms with Crippen molar-refractivity contribution in [2.24, 2.45) is 0 Å². The van der Waals surface area contributed by atoms with Gasteiger partial charge in [0.1, 0.15) is 46.3 Å². The number of hydrogen-bond donors (Lipinski definition) is 0. The Kier molecular flexibility index (Phi) is 24.6. The molecular weight excluding hydrogens is 677 g/mol. The molecule has 3 nitrogen and oxygen atoms in total. The summed E-state index contributed by atoms with van der Waals surface area (Å²) in [6, 6.07) is -4.03. The minimum atomic E-state index is -6.70. The highest BCUT2D eigenvalue weighted by Crippen LogP contribution is 2.46. The molecule has 0 N–H and O–H groups in total. The summed E-state index contributed by atoms with van der Waals surface area (Å²) in [5.74, 6) is -13.1. The van der Waals surface area contributed by atoms with Crippen LogP contribution in [-0.4, -0.2) is 94.8 Å². The molecule has 0 fully saturated rings. The minimum absolute atomic E-state index is 0.500. The fourth-order valence-corrected chi connectivity index (χ4v) is 0.950. The van der Waals surface area contributed by atoms with Crippen LogP contribution in [0.3, 0.4) is 0 Å². The van der Waals surface area contributed by atoms with E-state index in [0.717, 1.165) is 0 Å². The lowest BCUT2D eigenvalue weighted by Crippen LogP contribution is -2.55. The molecule has 0 unspecified atom stereocenters. The third-order valence-electron chi connectivity index (χ3n) is 2.98. The monoisotopic (exact) mass is 694 g/mol. The smallest absolute Gasteiger partial charge is 0.255 e. The van der Waals surface area contributed by atoms with Crippen molar-refractivity contribution in [2.45, 2.75) is 48.1 Å². The van der Waals surface area contributed by atoms with Crippen LogP contribution in [0.5, 0.6) is 0 Å². The van der Waals surface area contributed by atoms with Gasteiger partial charge >= 0.3 is 36.4 Å². The van der Waals surface area contributed by atoms with Gasteiger partial charge < -0.3 is 0 Å². The normalized spacial score (nSPS) is 12.8. The van der Waals surface area contributed by atoms with Crippen molar-refractivity contribution < 1.29 is 116 Å². The molecule has 0 heterocycles. The van der Waals surface area contributed by atoms with Crippen molar-refractivity contribution in [2.75, 3.05) is 47.1 Å². The van der Waals surface area contributed by atoms with Crippen molar-refractivity contribution in [3.8, 4) is 0 Å². The van der Waals surface area contributed by atoms with Crippen molar-refractivity contribution in [3.05, 3.63) is 0 Å². The molecule has 0 aliphatic rings. The number of carbonyl (C=O) groups is 1. The SMILES string of the molecule is CF.FC(F)(F)CC(F)(F)F.FCC(F)(CF)COF.FCC(F)(CF)COF.O=C(F)C(F)(F)C(F)(F)C(F)(F)F. The molecule has 0 aliphatic carbocycles. The average Bonchev–Trinajstić information content (AvgIpc) is 2.83. The number of carbonyl (C=O) groups excluding carboxylic acids is 1. The van der Waals surface area contributed by atoms with Gasteiger partial charge in [-0.15, -0.1) is 0 Å². The molecule has 0 saturated heterocycles. The van der Waals surface area contributed by atoms with Gasteiger partial charge in [-0.25, -0.2) is 26.3 Å². The van der Waals surface area contributed by atoms with Gasteiger partial charge in [-0.1, -0.05) is 0 Å². The Hall–Kier alpha value is -2.02. The zero-order valence-corrected chi connectivity index (χ0v) is 19.9. The molecule has 0 saturated carbocycles. The van der Waals surface area contributed by atoms with Crippen LogP contribution in [-0.2, 0) is 14.7 Å². The lowest BCUT2D eigenvalue weighted by atomic mass is 10.2. The third kappa shape index (κ3) is 22.6. The summed E-state index contributed by atoms with van der Waals surface area (Å²) in [6.07, 6.45) is -19.7. The largest absolute Gasteiger partial charge is 0.460 e. The maximum atomic E-state index is 12.1. The highest BCUT2D eigenvalue weighted by Gasteiger charge is 2.76. The van der Waals surface area contributed by atoms with Gasteiger partial charge in [-0.2, -0.15) is 71.3 Å². The topological polar surface area (TPSA) is 35.5 Å². The summed E-state index contributed by atoms with van der Waals surface area (Å²) in [5, 5.41) is 0. The molecule has 0 amide bonds. The van der Waals surface area contributed by atoms with E-state index in [2.05, 4.69) is 9.88 Å². The first kappa shape index (κ1) is 49.6. The van der Waals surface area contributed by atoms with E-state index in [4.69, 9.17) is 4.79 Å². The molecule has 0 bridgehead atoms. The number of alkyl halides is 20. The molecule has 0 spiro atoms. The summed E-state index contributed by atoms with van der Waals surface area (Å²) in [5.41, 5.74) is -5.59. The standard InChI is InChI=1S/C4F8O.2C4H6F4O.C3H2F6.CH3F/c5-1(13)2(6,7)3(8,9)4(10,11)12;2*5-1-4(7,2-6)3-9-8;4-2(5,6)1-3(7,8)9;1-2/h;2*1-3H2;1H2;1H3. The molecule has 0 aliphatic heterocycles. The zero-order valence-electron chi connectivity index (χ0n) is 19.9. The van der Waals surface area contributed by atoms with Crippen molar-refractivity contribution in [1.29, 1.82) is 0 Å². The Morgan fingerprint density at radius 2 is 0.786 bits per heavy atom. The van der Waals surface area contributed by atoms with Gasteiger partial charge in [0.25, 0.3) is 0 Å². The van der Waals surface area contributed by atoms with E-state index >= 15 is 0 Å². The Morgan fingerprint density at radius 3 is 0.833 bits per heavy atom. The summed E-state index contributed by atoms with van der Waals surface area (Å²) < 4.78 is 257. The molecule has 0 rings (SSSR count). The first-order valence-corrected chi connectivity index (χ1v) is 9.14. The van der Waals surface area contributed by atoms with Crippen LogP contribution in [0.15, 0.2) is 0 Å². The molecule has 0 aromatic rings. The lowest BCUT2D eigenvalue weighted by Gasteiger charge is -2.24. The van der Waals surface area contributed by atoms with Crippen molar-refractivity contribution >= 4 is 6.04 Å². The van der Waals surface area contributed by atoms with Crippen LogP contribution in [0.4, 0.5) is 101 Å². The van der Waals surface area contributed by atoms with Crippen LogP contribution in [0.25, 0.3) is 0 Å². The average molecular weight is 694 g/mol. The van der Waals surface area contributed by atoms with Gasteiger partial charge in [-0.3, -0.25) is 9.18 Å². The fraction of sp³-hybridized carbons (Fsp3) is 0.938. The third-order valence-corrected chi connectivity index (χ3v) is 2.98. The maximum absolute atomic E-state index is 12.1. The number of hydrogen-bond acceptors (Lipinski definition) is 3. The Labute approximate surface area is 218 Å². The van der Waals surface area contributed by atoms with Crippen LogP contribution in [0.2, 0.25) is 0 Å².